The van der Waals surface area contributed by atoms with Crippen LogP contribution >= 0.6 is 0 Å². The Morgan fingerprint density at radius 1 is 1.86 bits per heavy atom. The fourth-order valence-electron chi connectivity index (χ4n) is 0.176. The first-order valence-electron chi connectivity index (χ1n) is 1.81. The lowest BCUT2D eigenvalue weighted by molar-refractivity contribution is 0.215. The SMILES string of the molecule is CN/C=C(\N)ON. The van der Waals surface area contributed by atoms with E-state index in [1.54, 1.807) is 7.05 Å². The zero-order valence-corrected chi connectivity index (χ0v) is 4.14. The highest BCUT2D eigenvalue weighted by atomic mass is 16.6. The van der Waals surface area contributed by atoms with Crippen molar-refractivity contribution in [1.82, 2.24) is 5.32 Å². The average Bonchev–Trinajstić information content (AvgIpc) is 1.68. The highest BCUT2D eigenvalue weighted by Gasteiger charge is 1.77. The van der Waals surface area contributed by atoms with E-state index < -0.39 is 0 Å². The molecule has 42 valence electrons. The molecule has 0 aromatic carbocycles. The smallest absolute Gasteiger partial charge is 0.224 e. The van der Waals surface area contributed by atoms with Crippen LogP contribution in [0.3, 0.4) is 0 Å². The maximum atomic E-state index is 5.03. The average molecular weight is 103 g/mol. The molecule has 5 N–H and O–H groups in total. The molecule has 0 heterocycles. The van der Waals surface area contributed by atoms with Crippen LogP contribution in [0.25, 0.3) is 0 Å². The molecule has 4 heteroatoms. The normalized spacial score (nSPS) is 10.9. The monoisotopic (exact) mass is 103 g/mol. The number of hydrogen-bond acceptors (Lipinski definition) is 4. The van der Waals surface area contributed by atoms with Crippen LogP contribution in [0.2, 0.25) is 0 Å². The van der Waals surface area contributed by atoms with Crippen LogP contribution in [0.1, 0.15) is 0 Å². The maximum Gasteiger partial charge on any atom is 0.224 e. The molecule has 0 saturated carbocycles. The van der Waals surface area contributed by atoms with Gasteiger partial charge in [0.15, 0.2) is 0 Å². The summed E-state index contributed by atoms with van der Waals surface area (Å²) in [7, 11) is 1.70. The van der Waals surface area contributed by atoms with Crippen LogP contribution in [0.4, 0.5) is 0 Å². The Labute approximate surface area is 42.1 Å². The van der Waals surface area contributed by atoms with Crippen LogP contribution in [0.5, 0.6) is 0 Å². The molecule has 0 unspecified atom stereocenters. The Balaban J connectivity index is 3.29. The number of hydrogen-bond donors (Lipinski definition) is 3. The maximum absolute atomic E-state index is 5.03. The topological polar surface area (TPSA) is 73.3 Å². The number of nitrogens with two attached hydrogens (primary N) is 2. The van der Waals surface area contributed by atoms with E-state index in [0.717, 1.165) is 0 Å². The van der Waals surface area contributed by atoms with Gasteiger partial charge in [-0.15, -0.1) is 0 Å². The standard InChI is InChI=1S/C3H9N3O/c1-6-2-3(4)7-5/h2,6H,4-5H2,1H3/b3-2+. The molecule has 0 aliphatic heterocycles. The molecule has 0 aromatic heterocycles. The summed E-state index contributed by atoms with van der Waals surface area (Å²) in [5.74, 6) is 4.79. The quantitative estimate of drug-likeness (QED) is 0.305. The molecule has 4 nitrogen and oxygen atoms in total. The van der Waals surface area contributed by atoms with Gasteiger partial charge in [-0.1, -0.05) is 0 Å². The summed E-state index contributed by atoms with van der Waals surface area (Å²) in [6, 6.07) is 0. The highest BCUT2D eigenvalue weighted by Crippen LogP contribution is 1.72. The van der Waals surface area contributed by atoms with Gasteiger partial charge < -0.3 is 15.9 Å². The van der Waals surface area contributed by atoms with Crippen LogP contribution in [-0.2, 0) is 4.84 Å². The lowest BCUT2D eigenvalue weighted by Gasteiger charge is -1.93. The molecule has 0 saturated heterocycles. The second-order valence-electron chi connectivity index (χ2n) is 0.953. The van der Waals surface area contributed by atoms with Crippen molar-refractivity contribution < 1.29 is 4.84 Å². The van der Waals surface area contributed by atoms with Crippen LogP contribution < -0.4 is 16.9 Å². The minimum atomic E-state index is 0.169. The van der Waals surface area contributed by atoms with Crippen molar-refractivity contribution >= 4 is 0 Å². The summed E-state index contributed by atoms with van der Waals surface area (Å²) < 4.78 is 0. The van der Waals surface area contributed by atoms with Crippen molar-refractivity contribution in [1.29, 1.82) is 0 Å². The fourth-order valence-corrected chi connectivity index (χ4v) is 0.176. The van der Waals surface area contributed by atoms with Crippen molar-refractivity contribution in [3.8, 4) is 0 Å². The number of nitrogens with one attached hydrogen (secondary N) is 1. The third kappa shape index (κ3) is 2.92. The molecule has 0 bridgehead atoms. The molecule has 0 atom stereocenters. The van der Waals surface area contributed by atoms with E-state index in [1.807, 2.05) is 0 Å². The molecule has 0 amide bonds. The molecule has 7 heavy (non-hydrogen) atoms. The van der Waals surface area contributed by atoms with E-state index in [1.165, 1.54) is 6.20 Å². The van der Waals surface area contributed by atoms with Crippen molar-refractivity contribution in [2.45, 2.75) is 0 Å². The minimum absolute atomic E-state index is 0.169. The van der Waals surface area contributed by atoms with Crippen LogP contribution in [0, 0.1) is 0 Å². The van der Waals surface area contributed by atoms with E-state index in [9.17, 15) is 0 Å². The predicted molar refractivity (Wildman–Crippen MR) is 26.6 cm³/mol. The summed E-state index contributed by atoms with van der Waals surface area (Å²) in [6.07, 6.45) is 1.44. The van der Waals surface area contributed by atoms with Gasteiger partial charge in [-0.05, 0) is 0 Å². The summed E-state index contributed by atoms with van der Waals surface area (Å²) in [4.78, 5) is 4.07. The van der Waals surface area contributed by atoms with Gasteiger partial charge in [0.1, 0.15) is 0 Å². The van der Waals surface area contributed by atoms with Gasteiger partial charge >= 0.3 is 0 Å². The summed E-state index contributed by atoms with van der Waals surface area (Å²) in [6.45, 7) is 0. The van der Waals surface area contributed by atoms with Gasteiger partial charge in [-0.25, -0.2) is 0 Å². The summed E-state index contributed by atoms with van der Waals surface area (Å²) in [5, 5.41) is 2.63. The third-order valence-electron chi connectivity index (χ3n) is 0.423. The predicted octanol–water partition coefficient (Wildman–Crippen LogP) is -1.15. The minimum Gasteiger partial charge on any atom is -0.392 e. The molecular weight excluding hydrogens is 94.1 g/mol. The van der Waals surface area contributed by atoms with E-state index >= 15 is 0 Å². The third-order valence-corrected chi connectivity index (χ3v) is 0.423. The summed E-state index contributed by atoms with van der Waals surface area (Å²) in [5.41, 5.74) is 5.03. The van der Waals surface area contributed by atoms with Gasteiger partial charge in [-0.2, -0.15) is 5.90 Å². The molecule has 0 radical (unpaired) electrons. The molecular formula is C3H9N3O. The van der Waals surface area contributed by atoms with Crippen LogP contribution in [0.15, 0.2) is 12.1 Å². The van der Waals surface area contributed by atoms with Gasteiger partial charge in [-0.3, -0.25) is 0 Å². The Hall–Kier alpha value is -0.900. The molecule has 0 rings (SSSR count). The largest absolute Gasteiger partial charge is 0.392 e. The second kappa shape index (κ2) is 3.30. The Morgan fingerprint density at radius 2 is 2.43 bits per heavy atom. The first kappa shape index (κ1) is 6.10. The van der Waals surface area contributed by atoms with Crippen molar-refractivity contribution in [3.63, 3.8) is 0 Å². The first-order valence-corrected chi connectivity index (χ1v) is 1.81. The van der Waals surface area contributed by atoms with Gasteiger partial charge in [0.05, 0.1) is 6.20 Å². The molecule has 0 aromatic rings. The zero-order valence-electron chi connectivity index (χ0n) is 4.14. The lowest BCUT2D eigenvalue weighted by Crippen LogP contribution is -2.11. The molecule has 0 aliphatic carbocycles. The van der Waals surface area contributed by atoms with Crippen molar-refractivity contribution in [2.75, 3.05) is 7.05 Å². The van der Waals surface area contributed by atoms with Gasteiger partial charge in [0.2, 0.25) is 5.88 Å². The number of rotatable bonds is 2. The van der Waals surface area contributed by atoms with Crippen LogP contribution in [-0.4, -0.2) is 7.05 Å². The summed E-state index contributed by atoms with van der Waals surface area (Å²) >= 11 is 0. The Bertz CT molecular complexity index is 70.6. The van der Waals surface area contributed by atoms with E-state index in [2.05, 4.69) is 16.1 Å². The Kier molecular flexibility index (Phi) is 2.87. The van der Waals surface area contributed by atoms with Crippen molar-refractivity contribution in [3.05, 3.63) is 12.1 Å². The van der Waals surface area contributed by atoms with Crippen molar-refractivity contribution in [2.24, 2.45) is 11.6 Å². The zero-order chi connectivity index (χ0) is 5.70. The Morgan fingerprint density at radius 3 is 2.57 bits per heavy atom. The van der Waals surface area contributed by atoms with Gasteiger partial charge in [0.25, 0.3) is 0 Å². The van der Waals surface area contributed by atoms with E-state index in [0.29, 0.717) is 0 Å². The van der Waals surface area contributed by atoms with E-state index in [4.69, 9.17) is 5.73 Å². The lowest BCUT2D eigenvalue weighted by atomic mass is 10.8. The second-order valence-corrected chi connectivity index (χ2v) is 0.953. The first-order chi connectivity index (χ1) is 3.31. The van der Waals surface area contributed by atoms with Gasteiger partial charge in [0, 0.05) is 7.05 Å². The van der Waals surface area contributed by atoms with E-state index in [-0.39, 0.29) is 5.88 Å². The molecule has 0 spiro atoms. The molecule has 0 fully saturated rings. The molecule has 0 aliphatic rings. The highest BCUT2D eigenvalue weighted by molar-refractivity contribution is 4.81. The fraction of sp³-hybridized carbons (Fsp3) is 0.333.